The molecule has 1 aromatic heterocycles. The van der Waals surface area contributed by atoms with Gasteiger partial charge in [0, 0.05) is 16.5 Å². The zero-order valence-electron chi connectivity index (χ0n) is 22.0. The molecule has 198 valence electrons. The number of nitrogens with one attached hydrogen (secondary N) is 1. The van der Waals surface area contributed by atoms with Crippen molar-refractivity contribution < 1.29 is 18.3 Å². The maximum absolute atomic E-state index is 14.1. The van der Waals surface area contributed by atoms with Crippen LogP contribution in [-0.2, 0) is 22.0 Å². The van der Waals surface area contributed by atoms with E-state index < -0.39 is 16.0 Å². The van der Waals surface area contributed by atoms with E-state index in [1.165, 1.54) is 4.31 Å². The molecule has 0 fully saturated rings. The van der Waals surface area contributed by atoms with Gasteiger partial charge in [-0.1, -0.05) is 93.6 Å². The average Bonchev–Trinajstić information content (AvgIpc) is 3.31. The number of nitrogens with zero attached hydrogens (tertiary/aromatic N) is 1. The first kappa shape index (κ1) is 26.3. The van der Waals surface area contributed by atoms with E-state index in [9.17, 15) is 18.3 Å². The molecule has 0 radical (unpaired) electrons. The summed E-state index contributed by atoms with van der Waals surface area (Å²) in [6, 6.07) is 30.9. The van der Waals surface area contributed by atoms with Crippen molar-refractivity contribution in [2.24, 2.45) is 0 Å². The predicted octanol–water partition coefficient (Wildman–Crippen LogP) is 7.23. The molecule has 0 amide bonds. The highest BCUT2D eigenvalue weighted by Crippen LogP contribution is 2.37. The van der Waals surface area contributed by atoms with E-state index in [1.54, 1.807) is 30.3 Å². The molecule has 1 heterocycles. The fourth-order valence-electron chi connectivity index (χ4n) is 4.72. The van der Waals surface area contributed by atoms with Crippen molar-refractivity contribution in [3.05, 3.63) is 120 Å². The van der Waals surface area contributed by atoms with Gasteiger partial charge in [0.25, 0.3) is 10.0 Å². The van der Waals surface area contributed by atoms with Crippen LogP contribution >= 0.6 is 0 Å². The van der Waals surface area contributed by atoms with E-state index in [2.05, 4.69) is 25.8 Å². The Morgan fingerprint density at radius 2 is 1.46 bits per heavy atom. The Kier molecular flexibility index (Phi) is 6.78. The van der Waals surface area contributed by atoms with Gasteiger partial charge < -0.3 is 10.1 Å². The number of anilines is 1. The Bertz CT molecular complexity index is 1740. The molecule has 0 spiro atoms. The number of hydrogen-bond acceptors (Lipinski definition) is 3. The molecule has 0 saturated carbocycles. The third kappa shape index (κ3) is 5.18. The molecule has 2 N–H and O–H groups in total. The van der Waals surface area contributed by atoms with Gasteiger partial charge in [0.1, 0.15) is 5.69 Å². The first-order chi connectivity index (χ1) is 18.6. The average molecular weight is 539 g/mol. The van der Waals surface area contributed by atoms with Crippen molar-refractivity contribution >= 4 is 32.6 Å². The molecule has 0 aliphatic carbocycles. The molecular weight excluding hydrogens is 508 g/mol. The number of carboxylic acid groups (broad SMARTS) is 1. The van der Waals surface area contributed by atoms with E-state index in [0.29, 0.717) is 22.2 Å². The fourth-order valence-corrected chi connectivity index (χ4v) is 6.16. The van der Waals surface area contributed by atoms with E-state index in [-0.39, 0.29) is 22.5 Å². The number of sulfonamides is 1. The third-order valence-electron chi connectivity index (χ3n) is 6.82. The molecule has 6 nitrogen and oxygen atoms in total. The minimum absolute atomic E-state index is 0.0589. The Labute approximate surface area is 228 Å². The zero-order valence-corrected chi connectivity index (χ0v) is 22.9. The van der Waals surface area contributed by atoms with Crippen LogP contribution in [0.1, 0.15) is 42.4 Å². The summed E-state index contributed by atoms with van der Waals surface area (Å²) in [6.45, 7) is 6.37. The maximum Gasteiger partial charge on any atom is 0.352 e. The molecule has 0 atom stereocenters. The fraction of sp³-hybridized carbons (Fsp3) is 0.156. The number of aromatic amines is 1. The number of rotatable bonds is 7. The Balaban J connectivity index is 1.68. The van der Waals surface area contributed by atoms with E-state index in [0.717, 1.165) is 16.7 Å². The second-order valence-electron chi connectivity index (χ2n) is 10.5. The number of aromatic nitrogens is 1. The number of carboxylic acids is 1. The highest BCUT2D eigenvalue weighted by Gasteiger charge is 2.27. The van der Waals surface area contributed by atoms with Gasteiger partial charge in [-0.25, -0.2) is 13.2 Å². The largest absolute Gasteiger partial charge is 0.477 e. The maximum atomic E-state index is 14.1. The van der Waals surface area contributed by atoms with Crippen LogP contribution in [0.2, 0.25) is 0 Å². The summed E-state index contributed by atoms with van der Waals surface area (Å²) in [5.74, 6) is -1.08. The first-order valence-corrected chi connectivity index (χ1v) is 14.1. The monoisotopic (exact) mass is 538 g/mol. The lowest BCUT2D eigenvalue weighted by molar-refractivity contribution is 0.0692. The highest BCUT2D eigenvalue weighted by atomic mass is 32.2. The van der Waals surface area contributed by atoms with Gasteiger partial charge in [0.05, 0.1) is 17.1 Å². The van der Waals surface area contributed by atoms with Crippen LogP contribution < -0.4 is 4.31 Å². The summed E-state index contributed by atoms with van der Waals surface area (Å²) < 4.78 is 29.6. The molecule has 5 aromatic rings. The lowest BCUT2D eigenvalue weighted by Gasteiger charge is -2.26. The summed E-state index contributed by atoms with van der Waals surface area (Å²) in [6.07, 6.45) is 0. The molecular formula is C32H30N2O4S. The standard InChI is InChI=1S/C32H30N2O4S/c1-32(2,3)24-14-17-26(18-15-24)39(37,38)34(21-22-10-6-4-7-11-22)25-16-19-28-27(20-25)29(30(33-28)31(35)36)23-12-8-5-9-13-23/h4-20,33H,21H2,1-3H3,(H,35,36). The van der Waals surface area contributed by atoms with Gasteiger partial charge in [-0.05, 0) is 52.4 Å². The lowest BCUT2D eigenvalue weighted by atomic mass is 9.87. The lowest BCUT2D eigenvalue weighted by Crippen LogP contribution is -2.30. The number of hydrogen-bond donors (Lipinski definition) is 2. The molecule has 0 aliphatic heterocycles. The number of aromatic carboxylic acids is 1. The van der Waals surface area contributed by atoms with Crippen LogP contribution in [0.15, 0.2) is 108 Å². The molecule has 4 aromatic carbocycles. The number of fused-ring (bicyclic) bond motifs is 1. The van der Waals surface area contributed by atoms with Gasteiger partial charge in [-0.15, -0.1) is 0 Å². The van der Waals surface area contributed by atoms with Crippen LogP contribution in [0.3, 0.4) is 0 Å². The van der Waals surface area contributed by atoms with Gasteiger partial charge in [-0.2, -0.15) is 0 Å². The molecule has 7 heteroatoms. The van der Waals surface area contributed by atoms with Crippen molar-refractivity contribution in [3.63, 3.8) is 0 Å². The summed E-state index contributed by atoms with van der Waals surface area (Å²) >= 11 is 0. The third-order valence-corrected chi connectivity index (χ3v) is 8.61. The Morgan fingerprint density at radius 1 is 0.846 bits per heavy atom. The van der Waals surface area contributed by atoms with E-state index in [1.807, 2.05) is 72.8 Å². The second-order valence-corrected chi connectivity index (χ2v) is 12.4. The van der Waals surface area contributed by atoms with Gasteiger partial charge in [0.15, 0.2) is 0 Å². The summed E-state index contributed by atoms with van der Waals surface area (Å²) in [5.41, 5.74) is 4.13. The normalized spacial score (nSPS) is 12.0. The Hall–Kier alpha value is -4.36. The highest BCUT2D eigenvalue weighted by molar-refractivity contribution is 7.92. The minimum atomic E-state index is -3.96. The smallest absolute Gasteiger partial charge is 0.352 e. The van der Waals surface area contributed by atoms with Crippen LogP contribution in [0.5, 0.6) is 0 Å². The first-order valence-electron chi connectivity index (χ1n) is 12.7. The predicted molar refractivity (Wildman–Crippen MR) is 156 cm³/mol. The van der Waals surface area contributed by atoms with Crippen LogP contribution in [0, 0.1) is 0 Å². The van der Waals surface area contributed by atoms with Crippen molar-refractivity contribution in [2.45, 2.75) is 37.6 Å². The van der Waals surface area contributed by atoms with Crippen molar-refractivity contribution in [1.29, 1.82) is 0 Å². The van der Waals surface area contributed by atoms with Gasteiger partial charge in [-0.3, -0.25) is 4.31 Å². The molecule has 0 aliphatic rings. The zero-order chi connectivity index (χ0) is 27.8. The number of benzene rings is 4. The summed E-state index contributed by atoms with van der Waals surface area (Å²) in [4.78, 5) is 15.3. The molecule has 5 rings (SSSR count). The van der Waals surface area contributed by atoms with Crippen molar-refractivity contribution in [2.75, 3.05) is 4.31 Å². The van der Waals surface area contributed by atoms with E-state index in [4.69, 9.17) is 0 Å². The summed E-state index contributed by atoms with van der Waals surface area (Å²) in [5, 5.41) is 10.6. The number of carbonyl (C=O) groups is 1. The van der Waals surface area contributed by atoms with Gasteiger partial charge in [0.2, 0.25) is 0 Å². The van der Waals surface area contributed by atoms with Crippen molar-refractivity contribution in [1.82, 2.24) is 4.98 Å². The van der Waals surface area contributed by atoms with Crippen LogP contribution in [0.4, 0.5) is 5.69 Å². The number of H-pyrrole nitrogens is 1. The SMILES string of the molecule is CC(C)(C)c1ccc(S(=O)(=O)N(Cc2ccccc2)c2ccc3[nH]c(C(=O)O)c(-c4ccccc4)c3c2)cc1. The topological polar surface area (TPSA) is 90.5 Å². The van der Waals surface area contributed by atoms with Crippen molar-refractivity contribution in [3.8, 4) is 11.1 Å². The molecule has 0 saturated heterocycles. The Morgan fingerprint density at radius 3 is 2.05 bits per heavy atom. The minimum Gasteiger partial charge on any atom is -0.477 e. The van der Waals surface area contributed by atoms with Crippen LogP contribution in [0.25, 0.3) is 22.0 Å². The quantitative estimate of drug-likeness (QED) is 0.229. The molecule has 39 heavy (non-hydrogen) atoms. The second kappa shape index (κ2) is 10.1. The van der Waals surface area contributed by atoms with E-state index >= 15 is 0 Å². The van der Waals surface area contributed by atoms with Crippen LogP contribution in [-0.4, -0.2) is 24.5 Å². The summed E-state index contributed by atoms with van der Waals surface area (Å²) in [7, 11) is -3.96. The van der Waals surface area contributed by atoms with Gasteiger partial charge >= 0.3 is 5.97 Å². The molecule has 0 unspecified atom stereocenters. The molecule has 0 bridgehead atoms.